The fourth-order valence-electron chi connectivity index (χ4n) is 2.09. The number of rotatable bonds is 2. The average molecular weight is 320 g/mol. The molecule has 106 valence electrons. The topological polar surface area (TPSA) is 57.8 Å². The van der Waals surface area contributed by atoms with Crippen molar-refractivity contribution in [3.05, 3.63) is 46.4 Å². The van der Waals surface area contributed by atoms with Crippen molar-refractivity contribution >= 4 is 45.8 Å². The first-order valence-corrected chi connectivity index (χ1v) is 7.01. The van der Waals surface area contributed by atoms with Gasteiger partial charge < -0.3 is 10.3 Å². The second-order valence-electron chi connectivity index (χ2n) is 4.63. The van der Waals surface area contributed by atoms with Gasteiger partial charge in [0.25, 0.3) is 0 Å². The van der Waals surface area contributed by atoms with Gasteiger partial charge in [0, 0.05) is 23.2 Å². The van der Waals surface area contributed by atoms with E-state index in [9.17, 15) is 4.79 Å². The van der Waals surface area contributed by atoms with Crippen LogP contribution in [0.2, 0.25) is 10.0 Å². The number of fused-ring (bicyclic) bond motifs is 1. The van der Waals surface area contributed by atoms with E-state index in [1.54, 1.807) is 12.1 Å². The summed E-state index contributed by atoms with van der Waals surface area (Å²) < 4.78 is 0. The molecule has 1 heterocycles. The Balaban J connectivity index is 2.00. The molecule has 0 fully saturated rings. The van der Waals surface area contributed by atoms with Crippen molar-refractivity contribution in [2.24, 2.45) is 0 Å². The zero-order chi connectivity index (χ0) is 15.0. The number of halogens is 2. The van der Waals surface area contributed by atoms with E-state index in [2.05, 4.69) is 15.3 Å². The molecule has 3 rings (SSSR count). The third-order valence-electron chi connectivity index (χ3n) is 2.98. The van der Waals surface area contributed by atoms with E-state index in [1.807, 2.05) is 24.3 Å². The van der Waals surface area contributed by atoms with Crippen LogP contribution in [0.5, 0.6) is 0 Å². The molecular weight excluding hydrogens is 309 g/mol. The average Bonchev–Trinajstić information content (AvgIpc) is 2.83. The first-order chi connectivity index (χ1) is 10.0. The van der Waals surface area contributed by atoms with Crippen molar-refractivity contribution in [1.29, 1.82) is 0 Å². The van der Waals surface area contributed by atoms with E-state index < -0.39 is 0 Å². The van der Waals surface area contributed by atoms with Gasteiger partial charge in [0.2, 0.25) is 5.91 Å². The van der Waals surface area contributed by atoms with Gasteiger partial charge in [0.05, 0.1) is 10.5 Å². The lowest BCUT2D eigenvalue weighted by molar-refractivity contribution is -0.114. The highest BCUT2D eigenvalue weighted by Gasteiger charge is 2.09. The van der Waals surface area contributed by atoms with Gasteiger partial charge in [-0.2, -0.15) is 0 Å². The van der Waals surface area contributed by atoms with Crippen LogP contribution >= 0.6 is 23.2 Å². The molecule has 2 aromatic carbocycles. The van der Waals surface area contributed by atoms with Crippen molar-refractivity contribution in [2.45, 2.75) is 6.92 Å². The van der Waals surface area contributed by atoms with Crippen molar-refractivity contribution < 1.29 is 4.79 Å². The summed E-state index contributed by atoms with van der Waals surface area (Å²) in [7, 11) is 0. The molecule has 0 saturated heterocycles. The van der Waals surface area contributed by atoms with Crippen molar-refractivity contribution in [2.75, 3.05) is 5.32 Å². The summed E-state index contributed by atoms with van der Waals surface area (Å²) in [6, 6.07) is 10.8. The monoisotopic (exact) mass is 319 g/mol. The fraction of sp³-hybridized carbons (Fsp3) is 0.0667. The van der Waals surface area contributed by atoms with Crippen LogP contribution in [0, 0.1) is 0 Å². The Bertz CT molecular complexity index is 825. The van der Waals surface area contributed by atoms with Gasteiger partial charge in [-0.15, -0.1) is 0 Å². The smallest absolute Gasteiger partial charge is 0.221 e. The van der Waals surface area contributed by atoms with Crippen molar-refractivity contribution in [3.63, 3.8) is 0 Å². The Morgan fingerprint density at radius 1 is 1.19 bits per heavy atom. The van der Waals surface area contributed by atoms with Crippen LogP contribution in [-0.2, 0) is 4.79 Å². The summed E-state index contributed by atoms with van der Waals surface area (Å²) in [5.41, 5.74) is 3.10. The maximum atomic E-state index is 11.0. The van der Waals surface area contributed by atoms with Gasteiger partial charge in [-0.25, -0.2) is 4.98 Å². The molecule has 0 radical (unpaired) electrons. The minimum atomic E-state index is -0.104. The Morgan fingerprint density at radius 3 is 2.57 bits per heavy atom. The molecule has 1 amide bonds. The molecule has 4 nitrogen and oxygen atoms in total. The fourth-order valence-corrected chi connectivity index (χ4v) is 2.63. The Hall–Kier alpha value is -2.04. The lowest BCUT2D eigenvalue weighted by atomic mass is 10.2. The molecule has 0 bridgehead atoms. The van der Waals surface area contributed by atoms with Crippen molar-refractivity contribution in [3.8, 4) is 11.4 Å². The van der Waals surface area contributed by atoms with Gasteiger partial charge in [-0.1, -0.05) is 23.2 Å². The highest BCUT2D eigenvalue weighted by Crippen LogP contribution is 2.29. The van der Waals surface area contributed by atoms with Crippen LogP contribution < -0.4 is 5.32 Å². The first kappa shape index (κ1) is 13.9. The first-order valence-electron chi connectivity index (χ1n) is 6.26. The maximum absolute atomic E-state index is 11.0. The van der Waals surface area contributed by atoms with Gasteiger partial charge in [0.1, 0.15) is 11.3 Å². The summed E-state index contributed by atoms with van der Waals surface area (Å²) in [5, 5.41) is 3.79. The van der Waals surface area contributed by atoms with E-state index in [0.717, 1.165) is 16.8 Å². The van der Waals surface area contributed by atoms with E-state index >= 15 is 0 Å². The third kappa shape index (κ3) is 2.86. The number of hydrogen-bond acceptors (Lipinski definition) is 2. The number of aromatic amines is 1. The van der Waals surface area contributed by atoms with E-state index in [0.29, 0.717) is 21.4 Å². The molecule has 21 heavy (non-hydrogen) atoms. The lowest BCUT2D eigenvalue weighted by Gasteiger charge is -2.02. The number of carbonyl (C=O) groups excluding carboxylic acids is 1. The van der Waals surface area contributed by atoms with E-state index in [4.69, 9.17) is 23.2 Å². The molecule has 0 atom stereocenters. The van der Waals surface area contributed by atoms with Gasteiger partial charge >= 0.3 is 0 Å². The third-order valence-corrected chi connectivity index (χ3v) is 3.49. The quantitative estimate of drug-likeness (QED) is 0.730. The number of carbonyl (C=O) groups is 1. The highest BCUT2D eigenvalue weighted by atomic mass is 35.5. The van der Waals surface area contributed by atoms with Gasteiger partial charge in [-0.3, -0.25) is 4.79 Å². The highest BCUT2D eigenvalue weighted by molar-refractivity contribution is 6.38. The van der Waals surface area contributed by atoms with Crippen LogP contribution in [0.25, 0.3) is 22.4 Å². The SMILES string of the molecule is CC(=O)Nc1ccc(-c2nc3c(Cl)cc(Cl)cc3[nH]2)cc1. The molecule has 0 spiro atoms. The van der Waals surface area contributed by atoms with Gasteiger partial charge in [0.15, 0.2) is 0 Å². The molecule has 0 aliphatic heterocycles. The Kier molecular flexibility index (Phi) is 3.57. The predicted molar refractivity (Wildman–Crippen MR) is 85.9 cm³/mol. The largest absolute Gasteiger partial charge is 0.338 e. The van der Waals surface area contributed by atoms with E-state index in [1.165, 1.54) is 6.92 Å². The molecule has 3 aromatic rings. The minimum absolute atomic E-state index is 0.104. The summed E-state index contributed by atoms with van der Waals surface area (Å²) in [4.78, 5) is 18.7. The molecule has 0 aliphatic carbocycles. The number of aromatic nitrogens is 2. The van der Waals surface area contributed by atoms with Gasteiger partial charge in [-0.05, 0) is 36.4 Å². The maximum Gasteiger partial charge on any atom is 0.221 e. The molecular formula is C15H11Cl2N3O. The Morgan fingerprint density at radius 2 is 1.90 bits per heavy atom. The van der Waals surface area contributed by atoms with Crippen LogP contribution in [0.3, 0.4) is 0 Å². The number of H-pyrrole nitrogens is 1. The molecule has 0 saturated carbocycles. The molecule has 0 aliphatic rings. The summed E-state index contributed by atoms with van der Waals surface area (Å²) in [6.45, 7) is 1.47. The molecule has 1 aromatic heterocycles. The van der Waals surface area contributed by atoms with Crippen LogP contribution in [0.4, 0.5) is 5.69 Å². The second kappa shape index (κ2) is 5.39. The molecule has 0 unspecified atom stereocenters. The zero-order valence-electron chi connectivity index (χ0n) is 11.1. The number of amides is 1. The number of nitrogens with one attached hydrogen (secondary N) is 2. The normalized spacial score (nSPS) is 10.8. The van der Waals surface area contributed by atoms with Crippen LogP contribution in [0.15, 0.2) is 36.4 Å². The summed E-state index contributed by atoms with van der Waals surface area (Å²) >= 11 is 12.1. The van der Waals surface area contributed by atoms with Crippen LogP contribution in [-0.4, -0.2) is 15.9 Å². The number of hydrogen-bond donors (Lipinski definition) is 2. The number of anilines is 1. The van der Waals surface area contributed by atoms with E-state index in [-0.39, 0.29) is 5.91 Å². The molecule has 2 N–H and O–H groups in total. The minimum Gasteiger partial charge on any atom is -0.338 e. The van der Waals surface area contributed by atoms with Crippen LogP contribution in [0.1, 0.15) is 6.92 Å². The number of nitrogens with zero attached hydrogens (tertiary/aromatic N) is 1. The van der Waals surface area contributed by atoms with Crippen molar-refractivity contribution in [1.82, 2.24) is 9.97 Å². The Labute approximate surface area is 131 Å². The summed E-state index contributed by atoms with van der Waals surface area (Å²) in [5.74, 6) is 0.594. The number of benzene rings is 2. The summed E-state index contributed by atoms with van der Waals surface area (Å²) in [6.07, 6.45) is 0. The standard InChI is InChI=1S/C15H11Cl2N3O/c1-8(21)18-11-4-2-9(3-5-11)15-19-13-7-10(16)6-12(17)14(13)20-15/h2-7H,1H3,(H,18,21)(H,19,20). The number of imidazole rings is 1. The zero-order valence-corrected chi connectivity index (χ0v) is 12.6. The lowest BCUT2D eigenvalue weighted by Crippen LogP contribution is -2.05. The molecule has 6 heteroatoms. The second-order valence-corrected chi connectivity index (χ2v) is 5.47. The predicted octanol–water partition coefficient (Wildman–Crippen LogP) is 4.50.